The number of benzene rings is 1. The Bertz CT molecular complexity index is 1290. The van der Waals surface area contributed by atoms with Crippen LogP contribution in [0.25, 0.3) is 0 Å². The molecule has 3 aromatic rings. The first-order valence-electron chi connectivity index (χ1n) is 9.26. The van der Waals surface area contributed by atoms with Gasteiger partial charge >= 0.3 is 0 Å². The van der Waals surface area contributed by atoms with Crippen molar-refractivity contribution in [2.45, 2.75) is 17.6 Å². The van der Waals surface area contributed by atoms with Gasteiger partial charge in [0.05, 0.1) is 18.0 Å². The van der Waals surface area contributed by atoms with Crippen LogP contribution < -0.4 is 20.3 Å². The number of rotatable bonds is 7. The first-order valence-corrected chi connectivity index (χ1v) is 12.8. The predicted molar refractivity (Wildman–Crippen MR) is 129 cm³/mol. The van der Waals surface area contributed by atoms with Gasteiger partial charge in [0.15, 0.2) is 5.75 Å². The van der Waals surface area contributed by atoms with E-state index in [0.717, 1.165) is 4.88 Å². The van der Waals surface area contributed by atoms with Crippen molar-refractivity contribution in [2.75, 3.05) is 17.1 Å². The molecule has 11 heteroatoms. The van der Waals surface area contributed by atoms with Crippen molar-refractivity contribution in [3.05, 3.63) is 66.4 Å². The minimum Gasteiger partial charge on any atom is -0.494 e. The Labute approximate surface area is 196 Å². The van der Waals surface area contributed by atoms with E-state index in [0.29, 0.717) is 9.99 Å². The Morgan fingerprint density at radius 1 is 1.29 bits per heavy atom. The minimum absolute atomic E-state index is 0.0495. The highest BCUT2D eigenvalue weighted by molar-refractivity contribution is 14.1. The van der Waals surface area contributed by atoms with E-state index in [1.54, 1.807) is 6.07 Å². The number of hydrogen-bond acceptors (Lipinski definition) is 6. The molecule has 2 heterocycles. The summed E-state index contributed by atoms with van der Waals surface area (Å²) in [6, 6.07) is 9.56. The van der Waals surface area contributed by atoms with Crippen LogP contribution in [0.5, 0.6) is 5.75 Å². The molecule has 1 aliphatic carbocycles. The summed E-state index contributed by atoms with van der Waals surface area (Å²) in [6.07, 6.45) is 0.512. The lowest BCUT2D eigenvalue weighted by Crippen LogP contribution is -2.25. The van der Waals surface area contributed by atoms with Crippen LogP contribution in [0.4, 0.5) is 21.6 Å². The zero-order chi connectivity index (χ0) is 22.3. The van der Waals surface area contributed by atoms with Gasteiger partial charge < -0.3 is 10.1 Å². The molecule has 164 valence electrons. The van der Waals surface area contributed by atoms with Gasteiger partial charge in [-0.15, -0.1) is 11.3 Å². The van der Waals surface area contributed by atoms with Crippen LogP contribution in [0.3, 0.4) is 0 Å². The van der Waals surface area contributed by atoms with Crippen LogP contribution in [-0.4, -0.2) is 25.3 Å². The molecular formula is C20H19FIN3O4S2. The van der Waals surface area contributed by atoms with Crippen molar-refractivity contribution in [1.82, 2.24) is 4.57 Å². The van der Waals surface area contributed by atoms with Gasteiger partial charge in [0.1, 0.15) is 17.3 Å². The number of methoxy groups -OCH3 is 1. The summed E-state index contributed by atoms with van der Waals surface area (Å²) < 4.78 is 50.4. The molecule has 0 saturated heterocycles. The van der Waals surface area contributed by atoms with Gasteiger partial charge in [-0.3, -0.25) is 14.1 Å². The second kappa shape index (κ2) is 8.43. The van der Waals surface area contributed by atoms with E-state index in [4.69, 9.17) is 4.74 Å². The highest BCUT2D eigenvalue weighted by atomic mass is 127. The number of thiophene rings is 1. The highest BCUT2D eigenvalue weighted by Gasteiger charge is 2.49. The van der Waals surface area contributed by atoms with Gasteiger partial charge in [0.2, 0.25) is 10.0 Å². The molecule has 4 rings (SSSR count). The highest BCUT2D eigenvalue weighted by Crippen LogP contribution is 2.48. The third-order valence-electron chi connectivity index (χ3n) is 5.09. The number of aromatic nitrogens is 1. The van der Waals surface area contributed by atoms with Crippen molar-refractivity contribution in [1.29, 1.82) is 0 Å². The number of nitrogens with one attached hydrogen (secondary N) is 2. The zero-order valence-electron chi connectivity index (χ0n) is 16.6. The van der Waals surface area contributed by atoms with E-state index in [-0.39, 0.29) is 28.9 Å². The first kappa shape index (κ1) is 22.1. The van der Waals surface area contributed by atoms with E-state index in [2.05, 4.69) is 10.0 Å². The predicted octanol–water partition coefficient (Wildman–Crippen LogP) is 4.24. The molecule has 1 aromatic carbocycles. The Hall–Kier alpha value is -2.12. The van der Waals surface area contributed by atoms with E-state index in [9.17, 15) is 17.6 Å². The average molecular weight is 575 g/mol. The molecule has 31 heavy (non-hydrogen) atoms. The molecule has 2 aromatic heterocycles. The summed E-state index contributed by atoms with van der Waals surface area (Å²) in [7, 11) is -0.972. The number of pyridine rings is 1. The van der Waals surface area contributed by atoms with Crippen LogP contribution >= 0.6 is 33.9 Å². The summed E-state index contributed by atoms with van der Waals surface area (Å²) in [5.41, 5.74) is -0.275. The summed E-state index contributed by atoms with van der Waals surface area (Å²) in [5, 5.41) is 4.18. The third kappa shape index (κ3) is 4.44. The average Bonchev–Trinajstić information content (AvgIpc) is 3.36. The van der Waals surface area contributed by atoms with Gasteiger partial charge in [-0.05, 0) is 58.7 Å². The molecule has 0 bridgehead atoms. The molecule has 0 radical (unpaired) electrons. The van der Waals surface area contributed by atoms with E-state index >= 15 is 0 Å². The lowest BCUT2D eigenvalue weighted by molar-refractivity contribution is 0.415. The van der Waals surface area contributed by atoms with E-state index < -0.39 is 26.6 Å². The maximum atomic E-state index is 14.4. The molecule has 0 spiro atoms. The van der Waals surface area contributed by atoms with Crippen molar-refractivity contribution < 1.29 is 17.5 Å². The Morgan fingerprint density at radius 3 is 2.71 bits per heavy atom. The van der Waals surface area contributed by atoms with Gasteiger partial charge in [-0.25, -0.2) is 12.8 Å². The molecule has 0 amide bonds. The molecule has 1 fully saturated rings. The molecule has 2 N–H and O–H groups in total. The fourth-order valence-electron chi connectivity index (χ4n) is 3.33. The molecule has 1 saturated carbocycles. The number of ether oxygens (including phenoxy) is 1. The molecule has 2 unspecified atom stereocenters. The summed E-state index contributed by atoms with van der Waals surface area (Å²) in [4.78, 5) is 13.4. The minimum atomic E-state index is -3.78. The third-order valence-corrected chi connectivity index (χ3v) is 8.57. The van der Waals surface area contributed by atoms with Crippen LogP contribution in [0.1, 0.15) is 17.2 Å². The maximum absolute atomic E-state index is 14.4. The summed E-state index contributed by atoms with van der Waals surface area (Å²) >= 11 is 3.51. The molecule has 1 aliphatic rings. The van der Waals surface area contributed by atoms with Crippen molar-refractivity contribution in [3.63, 3.8) is 0 Å². The van der Waals surface area contributed by atoms with Gasteiger partial charge in [0, 0.05) is 27.5 Å². The van der Waals surface area contributed by atoms with E-state index in [1.165, 1.54) is 48.3 Å². The van der Waals surface area contributed by atoms with Crippen molar-refractivity contribution >= 4 is 61.1 Å². The SMILES string of the molecule is COc1cc(=O)n(C)c(Nc2ccc(I)cc2F)c1NS(=O)(=O)C1CC1c1cccs1. The van der Waals surface area contributed by atoms with Crippen LogP contribution in [0, 0.1) is 9.39 Å². The second-order valence-electron chi connectivity index (χ2n) is 7.13. The second-order valence-corrected chi connectivity index (χ2v) is 11.3. The monoisotopic (exact) mass is 575 g/mol. The molecular weight excluding hydrogens is 556 g/mol. The van der Waals surface area contributed by atoms with Gasteiger partial charge in [-0.1, -0.05) is 6.07 Å². The summed E-state index contributed by atoms with van der Waals surface area (Å²) in [6.45, 7) is 0. The quantitative estimate of drug-likeness (QED) is 0.412. The van der Waals surface area contributed by atoms with Crippen molar-refractivity contribution in [3.8, 4) is 5.75 Å². The summed E-state index contributed by atoms with van der Waals surface area (Å²) in [5.74, 6) is -0.466. The fraction of sp³-hybridized carbons (Fsp3) is 0.250. The number of hydrogen-bond donors (Lipinski definition) is 2. The smallest absolute Gasteiger partial charge is 0.255 e. The van der Waals surface area contributed by atoms with Crippen molar-refractivity contribution in [2.24, 2.45) is 7.05 Å². The van der Waals surface area contributed by atoms with Crippen LogP contribution in [0.15, 0.2) is 46.6 Å². The topological polar surface area (TPSA) is 89.4 Å². The lowest BCUT2D eigenvalue weighted by Gasteiger charge is -2.20. The fourth-order valence-corrected chi connectivity index (χ4v) is 6.45. The largest absolute Gasteiger partial charge is 0.494 e. The number of halogens is 2. The molecule has 7 nitrogen and oxygen atoms in total. The molecule has 2 atom stereocenters. The van der Waals surface area contributed by atoms with E-state index in [1.807, 2.05) is 40.1 Å². The molecule has 0 aliphatic heterocycles. The Kier molecular flexibility index (Phi) is 6.01. The lowest BCUT2D eigenvalue weighted by atomic mass is 10.3. The van der Waals surface area contributed by atoms with Crippen LogP contribution in [-0.2, 0) is 17.1 Å². The van der Waals surface area contributed by atoms with Gasteiger partial charge in [0.25, 0.3) is 5.56 Å². The number of nitrogens with zero attached hydrogens (tertiary/aromatic N) is 1. The number of anilines is 3. The Balaban J connectivity index is 1.73. The number of sulfonamides is 1. The Morgan fingerprint density at radius 2 is 2.06 bits per heavy atom. The first-order chi connectivity index (χ1) is 14.7. The maximum Gasteiger partial charge on any atom is 0.255 e. The standard InChI is InChI=1S/C20H19FIN3O4S2/c1-25-18(26)10-15(29-2)19(20(25)23-14-6-5-11(22)8-13(14)21)24-31(27,28)17-9-12(17)16-4-3-7-30-16/h3-8,10,12,17,23-24H,9H2,1-2H3. The van der Waals surface area contributed by atoms with Gasteiger partial charge in [-0.2, -0.15) is 0 Å². The van der Waals surface area contributed by atoms with Crippen LogP contribution in [0.2, 0.25) is 0 Å². The normalized spacial score (nSPS) is 17.9. The zero-order valence-corrected chi connectivity index (χ0v) is 20.3.